The van der Waals surface area contributed by atoms with E-state index in [0.29, 0.717) is 29.4 Å². The van der Waals surface area contributed by atoms with Crippen molar-refractivity contribution in [2.45, 2.75) is 12.8 Å². The summed E-state index contributed by atoms with van der Waals surface area (Å²) in [5.41, 5.74) is 1.90. The van der Waals surface area contributed by atoms with Crippen molar-refractivity contribution >= 4 is 17.5 Å². The van der Waals surface area contributed by atoms with Crippen LogP contribution in [0.5, 0.6) is 0 Å². The number of aryl methyl sites for hydroxylation is 1. The standard InChI is InChI=1S/C18H17N5O3/c1-19-18(25)12-4-6-14(7-5-12)21-15(24)8-9-16-22-17(23-26-16)13-3-2-10-20-11-13/h2-7,10-11H,8-9H2,1H3,(H,19,25)(H,21,24). The van der Waals surface area contributed by atoms with E-state index in [-0.39, 0.29) is 18.2 Å². The summed E-state index contributed by atoms with van der Waals surface area (Å²) >= 11 is 0. The molecule has 0 atom stereocenters. The molecule has 132 valence electrons. The highest BCUT2D eigenvalue weighted by Gasteiger charge is 2.11. The average molecular weight is 351 g/mol. The van der Waals surface area contributed by atoms with Crippen LogP contribution in [0.4, 0.5) is 5.69 Å². The second kappa shape index (κ2) is 8.02. The molecule has 0 saturated carbocycles. The Morgan fingerprint density at radius 2 is 1.96 bits per heavy atom. The van der Waals surface area contributed by atoms with Crippen LogP contribution in [-0.2, 0) is 11.2 Å². The molecule has 0 aliphatic carbocycles. The maximum atomic E-state index is 12.0. The van der Waals surface area contributed by atoms with E-state index in [1.54, 1.807) is 49.8 Å². The zero-order valence-corrected chi connectivity index (χ0v) is 14.1. The lowest BCUT2D eigenvalue weighted by atomic mass is 10.2. The lowest BCUT2D eigenvalue weighted by Gasteiger charge is -2.05. The molecule has 8 heteroatoms. The topological polar surface area (TPSA) is 110 Å². The number of hydrogen-bond acceptors (Lipinski definition) is 6. The zero-order valence-electron chi connectivity index (χ0n) is 14.1. The predicted octanol–water partition coefficient (Wildman–Crippen LogP) is 2.06. The molecule has 3 rings (SSSR count). The number of nitrogens with zero attached hydrogens (tertiary/aromatic N) is 3. The van der Waals surface area contributed by atoms with E-state index < -0.39 is 0 Å². The summed E-state index contributed by atoms with van der Waals surface area (Å²) in [6, 6.07) is 10.3. The van der Waals surface area contributed by atoms with E-state index in [4.69, 9.17) is 4.52 Å². The first-order chi connectivity index (χ1) is 12.7. The van der Waals surface area contributed by atoms with Crippen molar-refractivity contribution in [1.29, 1.82) is 0 Å². The highest BCUT2D eigenvalue weighted by Crippen LogP contribution is 2.15. The van der Waals surface area contributed by atoms with E-state index in [1.165, 1.54) is 0 Å². The third-order valence-electron chi connectivity index (χ3n) is 3.61. The molecule has 3 aromatic rings. The maximum Gasteiger partial charge on any atom is 0.251 e. The van der Waals surface area contributed by atoms with Gasteiger partial charge in [0, 0.05) is 49.1 Å². The molecule has 0 radical (unpaired) electrons. The summed E-state index contributed by atoms with van der Waals surface area (Å²) in [5, 5.41) is 9.19. The number of carbonyl (C=O) groups excluding carboxylic acids is 2. The Balaban J connectivity index is 1.53. The summed E-state index contributed by atoms with van der Waals surface area (Å²) in [7, 11) is 1.56. The van der Waals surface area contributed by atoms with Crippen LogP contribution in [0.25, 0.3) is 11.4 Å². The minimum atomic E-state index is -0.182. The van der Waals surface area contributed by atoms with Crippen molar-refractivity contribution in [1.82, 2.24) is 20.4 Å². The van der Waals surface area contributed by atoms with Gasteiger partial charge in [-0.15, -0.1) is 0 Å². The van der Waals surface area contributed by atoms with Crippen LogP contribution in [0, 0.1) is 0 Å². The monoisotopic (exact) mass is 351 g/mol. The Labute approximate surface area is 149 Å². The van der Waals surface area contributed by atoms with Crippen LogP contribution in [0.1, 0.15) is 22.7 Å². The SMILES string of the molecule is CNC(=O)c1ccc(NC(=O)CCc2nc(-c3cccnc3)no2)cc1. The van der Waals surface area contributed by atoms with Gasteiger partial charge in [-0.1, -0.05) is 5.16 Å². The molecule has 0 spiro atoms. The summed E-state index contributed by atoms with van der Waals surface area (Å²) in [6.45, 7) is 0. The van der Waals surface area contributed by atoms with Crippen LogP contribution in [0.15, 0.2) is 53.3 Å². The molecule has 2 aromatic heterocycles. The number of nitrogens with one attached hydrogen (secondary N) is 2. The van der Waals surface area contributed by atoms with Gasteiger partial charge in [-0.2, -0.15) is 4.98 Å². The van der Waals surface area contributed by atoms with E-state index >= 15 is 0 Å². The van der Waals surface area contributed by atoms with E-state index in [0.717, 1.165) is 5.56 Å². The fourth-order valence-corrected chi connectivity index (χ4v) is 2.26. The van der Waals surface area contributed by atoms with Crippen molar-refractivity contribution in [2.75, 3.05) is 12.4 Å². The first-order valence-corrected chi connectivity index (χ1v) is 8.00. The van der Waals surface area contributed by atoms with Gasteiger partial charge < -0.3 is 15.2 Å². The molecule has 0 aliphatic rings. The lowest BCUT2D eigenvalue weighted by molar-refractivity contribution is -0.116. The molecule has 0 bridgehead atoms. The normalized spacial score (nSPS) is 10.3. The molecule has 0 fully saturated rings. The molecule has 0 unspecified atom stereocenters. The molecule has 26 heavy (non-hydrogen) atoms. The quantitative estimate of drug-likeness (QED) is 0.703. The lowest BCUT2D eigenvalue weighted by Crippen LogP contribution is -2.18. The molecule has 8 nitrogen and oxygen atoms in total. The molecular weight excluding hydrogens is 334 g/mol. The highest BCUT2D eigenvalue weighted by atomic mass is 16.5. The van der Waals surface area contributed by atoms with Gasteiger partial charge in [-0.05, 0) is 36.4 Å². The van der Waals surface area contributed by atoms with Crippen LogP contribution >= 0.6 is 0 Å². The second-order valence-corrected chi connectivity index (χ2v) is 5.46. The Kier molecular flexibility index (Phi) is 5.33. The summed E-state index contributed by atoms with van der Waals surface area (Å²) in [4.78, 5) is 31.8. The van der Waals surface area contributed by atoms with Crippen LogP contribution in [0.3, 0.4) is 0 Å². The maximum absolute atomic E-state index is 12.0. The summed E-state index contributed by atoms with van der Waals surface area (Å²) in [5.74, 6) is 0.467. The number of amides is 2. The van der Waals surface area contributed by atoms with Gasteiger partial charge in [0.05, 0.1) is 0 Å². The molecule has 1 aromatic carbocycles. The number of benzene rings is 1. The van der Waals surface area contributed by atoms with Gasteiger partial charge in [0.15, 0.2) is 0 Å². The largest absolute Gasteiger partial charge is 0.355 e. The van der Waals surface area contributed by atoms with Crippen molar-refractivity contribution in [3.8, 4) is 11.4 Å². The van der Waals surface area contributed by atoms with Gasteiger partial charge in [0.2, 0.25) is 17.6 Å². The number of pyridine rings is 1. The molecule has 2 heterocycles. The highest BCUT2D eigenvalue weighted by molar-refractivity contribution is 5.95. The van der Waals surface area contributed by atoms with Gasteiger partial charge in [0.25, 0.3) is 5.91 Å². The first kappa shape index (κ1) is 17.3. The fraction of sp³-hybridized carbons (Fsp3) is 0.167. The summed E-state index contributed by atoms with van der Waals surface area (Å²) < 4.78 is 5.16. The predicted molar refractivity (Wildman–Crippen MR) is 94.3 cm³/mol. The van der Waals surface area contributed by atoms with E-state index in [1.807, 2.05) is 6.07 Å². The second-order valence-electron chi connectivity index (χ2n) is 5.46. The molecule has 0 saturated heterocycles. The Bertz CT molecular complexity index is 891. The number of carbonyl (C=O) groups is 2. The van der Waals surface area contributed by atoms with Crippen molar-refractivity contribution in [3.05, 3.63) is 60.2 Å². The number of rotatable bonds is 6. The Hall–Kier alpha value is -3.55. The fourth-order valence-electron chi connectivity index (χ4n) is 2.26. The molecular formula is C18H17N5O3. The summed E-state index contributed by atoms with van der Waals surface area (Å²) in [6.07, 6.45) is 3.83. The van der Waals surface area contributed by atoms with Crippen molar-refractivity contribution < 1.29 is 14.1 Å². The first-order valence-electron chi connectivity index (χ1n) is 8.00. The van der Waals surface area contributed by atoms with Gasteiger partial charge in [-0.25, -0.2) is 0 Å². The van der Waals surface area contributed by atoms with Gasteiger partial charge >= 0.3 is 0 Å². The zero-order chi connectivity index (χ0) is 18.4. The smallest absolute Gasteiger partial charge is 0.251 e. The van der Waals surface area contributed by atoms with Crippen LogP contribution < -0.4 is 10.6 Å². The molecule has 2 N–H and O–H groups in total. The minimum Gasteiger partial charge on any atom is -0.355 e. The molecule has 0 aliphatic heterocycles. The van der Waals surface area contributed by atoms with E-state index in [9.17, 15) is 9.59 Å². The third-order valence-corrected chi connectivity index (χ3v) is 3.61. The van der Waals surface area contributed by atoms with Crippen LogP contribution in [-0.4, -0.2) is 34.0 Å². The Morgan fingerprint density at radius 3 is 2.65 bits per heavy atom. The van der Waals surface area contributed by atoms with Gasteiger partial charge in [0.1, 0.15) is 0 Å². The number of anilines is 1. The van der Waals surface area contributed by atoms with Crippen molar-refractivity contribution in [3.63, 3.8) is 0 Å². The average Bonchev–Trinajstić information content (AvgIpc) is 3.16. The minimum absolute atomic E-state index is 0.177. The third kappa shape index (κ3) is 4.29. The van der Waals surface area contributed by atoms with Crippen LogP contribution in [0.2, 0.25) is 0 Å². The Morgan fingerprint density at radius 1 is 1.15 bits per heavy atom. The van der Waals surface area contributed by atoms with E-state index in [2.05, 4.69) is 25.8 Å². The number of aromatic nitrogens is 3. The van der Waals surface area contributed by atoms with Gasteiger partial charge in [-0.3, -0.25) is 14.6 Å². The number of hydrogen-bond donors (Lipinski definition) is 2. The molecule has 2 amide bonds. The van der Waals surface area contributed by atoms with Crippen molar-refractivity contribution in [2.24, 2.45) is 0 Å².